The highest BCUT2D eigenvalue weighted by Crippen LogP contribution is 2.24. The Morgan fingerprint density at radius 2 is 1.90 bits per heavy atom. The highest BCUT2D eigenvalue weighted by molar-refractivity contribution is 7.98. The zero-order valence-corrected chi connectivity index (χ0v) is 13.3. The number of hydrogen-bond donors (Lipinski definition) is 0. The molecular weight excluding hydrogens is 282 g/mol. The molecule has 3 nitrogen and oxygen atoms in total. The van der Waals surface area contributed by atoms with Crippen LogP contribution < -0.4 is 0 Å². The summed E-state index contributed by atoms with van der Waals surface area (Å²) in [5.41, 5.74) is 2.77. The van der Waals surface area contributed by atoms with Crippen molar-refractivity contribution in [1.29, 1.82) is 0 Å². The fraction of sp³-hybridized carbons (Fsp3) is 0.294. The Morgan fingerprint density at radius 1 is 1.19 bits per heavy atom. The Kier molecular flexibility index (Phi) is 5.39. The Bertz CT molecular complexity index is 591. The number of carbonyl (C=O) groups is 1. The summed E-state index contributed by atoms with van der Waals surface area (Å²) in [5.74, 6) is 0.977. The van der Waals surface area contributed by atoms with Crippen LogP contribution in [0.5, 0.6) is 0 Å². The van der Waals surface area contributed by atoms with E-state index in [1.165, 1.54) is 17.6 Å². The molecule has 0 N–H and O–H groups in total. The molecule has 0 atom stereocenters. The standard InChI is InChI=1S/C17H19NO2S/c1-12(2)13-5-8-16(9-6-13)21-11-15-7-4-14(10-18-15)17(19)20-3/h4-10,12H,11H2,1-3H3. The van der Waals surface area contributed by atoms with Gasteiger partial charge in [-0.3, -0.25) is 4.98 Å². The number of methoxy groups -OCH3 is 1. The molecule has 0 aliphatic rings. The van der Waals surface area contributed by atoms with Crippen LogP contribution in [0.3, 0.4) is 0 Å². The monoisotopic (exact) mass is 301 g/mol. The third-order valence-electron chi connectivity index (χ3n) is 3.18. The lowest BCUT2D eigenvalue weighted by Gasteiger charge is -2.07. The second kappa shape index (κ2) is 7.27. The summed E-state index contributed by atoms with van der Waals surface area (Å²) in [6.45, 7) is 4.38. The fourth-order valence-corrected chi connectivity index (χ4v) is 2.67. The second-order valence-corrected chi connectivity index (χ2v) is 6.09. The normalized spacial score (nSPS) is 10.7. The summed E-state index contributed by atoms with van der Waals surface area (Å²) < 4.78 is 4.65. The molecule has 21 heavy (non-hydrogen) atoms. The first-order valence-corrected chi connectivity index (χ1v) is 7.84. The SMILES string of the molecule is COC(=O)c1ccc(CSc2ccc(C(C)C)cc2)nc1. The molecule has 4 heteroatoms. The summed E-state index contributed by atoms with van der Waals surface area (Å²) in [7, 11) is 1.37. The number of esters is 1. The first-order valence-electron chi connectivity index (χ1n) is 6.86. The molecule has 0 amide bonds. The van der Waals surface area contributed by atoms with Gasteiger partial charge in [0.1, 0.15) is 0 Å². The van der Waals surface area contributed by atoms with E-state index in [9.17, 15) is 4.79 Å². The number of pyridine rings is 1. The maximum Gasteiger partial charge on any atom is 0.339 e. The van der Waals surface area contributed by atoms with E-state index >= 15 is 0 Å². The van der Waals surface area contributed by atoms with E-state index < -0.39 is 0 Å². The molecule has 1 heterocycles. The fourth-order valence-electron chi connectivity index (χ4n) is 1.85. The first-order chi connectivity index (χ1) is 10.1. The quantitative estimate of drug-likeness (QED) is 0.610. The van der Waals surface area contributed by atoms with Gasteiger partial charge >= 0.3 is 5.97 Å². The Labute approximate surface area is 129 Å². The molecule has 1 aromatic heterocycles. The summed E-state index contributed by atoms with van der Waals surface area (Å²) in [6, 6.07) is 12.2. The third kappa shape index (κ3) is 4.33. The van der Waals surface area contributed by atoms with Crippen LogP contribution in [0.15, 0.2) is 47.5 Å². The number of aromatic nitrogens is 1. The molecule has 1 aromatic carbocycles. The molecule has 0 radical (unpaired) electrons. The third-order valence-corrected chi connectivity index (χ3v) is 4.22. The van der Waals surface area contributed by atoms with Crippen molar-refractivity contribution >= 4 is 17.7 Å². The highest BCUT2D eigenvalue weighted by atomic mass is 32.2. The molecular formula is C17H19NO2S. The zero-order valence-electron chi connectivity index (χ0n) is 12.5. The summed E-state index contributed by atoms with van der Waals surface area (Å²) >= 11 is 1.74. The molecule has 0 saturated heterocycles. The minimum Gasteiger partial charge on any atom is -0.465 e. The van der Waals surface area contributed by atoms with Crippen molar-refractivity contribution in [3.63, 3.8) is 0 Å². The van der Waals surface area contributed by atoms with E-state index in [1.807, 2.05) is 6.07 Å². The van der Waals surface area contributed by atoms with E-state index in [0.29, 0.717) is 11.5 Å². The number of benzene rings is 1. The maximum absolute atomic E-state index is 11.3. The van der Waals surface area contributed by atoms with Crippen LogP contribution >= 0.6 is 11.8 Å². The topological polar surface area (TPSA) is 39.2 Å². The van der Waals surface area contributed by atoms with Crippen LogP contribution in [-0.2, 0) is 10.5 Å². The Balaban J connectivity index is 1.95. The van der Waals surface area contributed by atoms with E-state index in [1.54, 1.807) is 24.0 Å². The first kappa shape index (κ1) is 15.6. The van der Waals surface area contributed by atoms with Gasteiger partial charge in [-0.2, -0.15) is 0 Å². The van der Waals surface area contributed by atoms with Crippen molar-refractivity contribution in [2.45, 2.75) is 30.4 Å². The smallest absolute Gasteiger partial charge is 0.339 e. The largest absolute Gasteiger partial charge is 0.465 e. The maximum atomic E-state index is 11.3. The number of ether oxygens (including phenoxy) is 1. The molecule has 2 aromatic rings. The van der Waals surface area contributed by atoms with Crippen LogP contribution in [0.1, 0.15) is 41.4 Å². The highest BCUT2D eigenvalue weighted by Gasteiger charge is 2.06. The minimum absolute atomic E-state index is 0.356. The van der Waals surface area contributed by atoms with Gasteiger partial charge in [0.2, 0.25) is 0 Å². The van der Waals surface area contributed by atoms with Crippen molar-refractivity contribution in [3.8, 4) is 0 Å². The van der Waals surface area contributed by atoms with Gasteiger partial charge < -0.3 is 4.74 Å². The zero-order chi connectivity index (χ0) is 15.2. The lowest BCUT2D eigenvalue weighted by Crippen LogP contribution is -2.02. The van der Waals surface area contributed by atoms with E-state index in [2.05, 4.69) is 47.8 Å². The van der Waals surface area contributed by atoms with Gasteiger partial charge in [0, 0.05) is 16.8 Å². The molecule has 0 saturated carbocycles. The van der Waals surface area contributed by atoms with Gasteiger partial charge in [-0.1, -0.05) is 26.0 Å². The predicted octanol–water partition coefficient (Wildman–Crippen LogP) is 4.28. The lowest BCUT2D eigenvalue weighted by molar-refractivity contribution is 0.0600. The number of thioether (sulfide) groups is 1. The van der Waals surface area contributed by atoms with Crippen molar-refractivity contribution in [2.24, 2.45) is 0 Å². The molecule has 0 unspecified atom stereocenters. The van der Waals surface area contributed by atoms with Gasteiger partial charge in [-0.05, 0) is 35.7 Å². The molecule has 0 aliphatic heterocycles. The van der Waals surface area contributed by atoms with Crippen LogP contribution in [-0.4, -0.2) is 18.1 Å². The number of nitrogens with zero attached hydrogens (tertiary/aromatic N) is 1. The Hall–Kier alpha value is -1.81. The molecule has 2 rings (SSSR count). The molecule has 110 valence electrons. The number of rotatable bonds is 5. The average molecular weight is 301 g/mol. The van der Waals surface area contributed by atoms with Gasteiger partial charge in [0.25, 0.3) is 0 Å². The van der Waals surface area contributed by atoms with E-state index in [-0.39, 0.29) is 5.97 Å². The molecule has 0 fully saturated rings. The number of carbonyl (C=O) groups excluding carboxylic acids is 1. The van der Waals surface area contributed by atoms with Crippen molar-refractivity contribution in [1.82, 2.24) is 4.98 Å². The summed E-state index contributed by atoms with van der Waals surface area (Å²) in [5, 5.41) is 0. The summed E-state index contributed by atoms with van der Waals surface area (Å²) in [4.78, 5) is 16.8. The van der Waals surface area contributed by atoms with Gasteiger partial charge in [-0.15, -0.1) is 11.8 Å². The van der Waals surface area contributed by atoms with Crippen LogP contribution in [0, 0.1) is 0 Å². The minimum atomic E-state index is -0.356. The van der Waals surface area contributed by atoms with Crippen molar-refractivity contribution < 1.29 is 9.53 Å². The Morgan fingerprint density at radius 3 is 2.43 bits per heavy atom. The predicted molar refractivity (Wildman–Crippen MR) is 85.7 cm³/mol. The average Bonchev–Trinajstić information content (AvgIpc) is 2.53. The van der Waals surface area contributed by atoms with E-state index in [4.69, 9.17) is 0 Å². The van der Waals surface area contributed by atoms with Gasteiger partial charge in [0.15, 0.2) is 0 Å². The van der Waals surface area contributed by atoms with Crippen molar-refractivity contribution in [3.05, 3.63) is 59.4 Å². The van der Waals surface area contributed by atoms with Crippen LogP contribution in [0.2, 0.25) is 0 Å². The molecule has 0 aliphatic carbocycles. The molecule has 0 spiro atoms. The van der Waals surface area contributed by atoms with Crippen LogP contribution in [0.25, 0.3) is 0 Å². The summed E-state index contributed by atoms with van der Waals surface area (Å²) in [6.07, 6.45) is 1.56. The number of hydrogen-bond acceptors (Lipinski definition) is 4. The van der Waals surface area contributed by atoms with Gasteiger partial charge in [-0.25, -0.2) is 4.79 Å². The van der Waals surface area contributed by atoms with Crippen molar-refractivity contribution in [2.75, 3.05) is 7.11 Å². The molecule has 0 bridgehead atoms. The van der Waals surface area contributed by atoms with E-state index in [0.717, 1.165) is 11.4 Å². The van der Waals surface area contributed by atoms with Crippen LogP contribution in [0.4, 0.5) is 0 Å². The second-order valence-electron chi connectivity index (χ2n) is 5.04. The lowest BCUT2D eigenvalue weighted by atomic mass is 10.0. The van der Waals surface area contributed by atoms with Gasteiger partial charge in [0.05, 0.1) is 18.4 Å².